The van der Waals surface area contributed by atoms with E-state index in [0.29, 0.717) is 30.0 Å². The lowest BCUT2D eigenvalue weighted by Crippen LogP contribution is -2.65. The monoisotopic (exact) mass is 493 g/mol. The summed E-state index contributed by atoms with van der Waals surface area (Å²) in [7, 11) is 0. The Labute approximate surface area is 209 Å². The summed E-state index contributed by atoms with van der Waals surface area (Å²) in [5.41, 5.74) is 1.62. The van der Waals surface area contributed by atoms with Crippen molar-refractivity contribution in [2.24, 2.45) is 0 Å². The lowest BCUT2D eigenvalue weighted by atomic mass is 9.90. The van der Waals surface area contributed by atoms with Crippen LogP contribution in [-0.2, 0) is 16.1 Å². The number of piperidine rings is 1. The Bertz CT molecular complexity index is 1230. The van der Waals surface area contributed by atoms with Gasteiger partial charge in [-0.1, -0.05) is 35.9 Å². The van der Waals surface area contributed by atoms with Crippen molar-refractivity contribution < 1.29 is 18.7 Å². The number of hydrogen-bond donors (Lipinski definition) is 1. The summed E-state index contributed by atoms with van der Waals surface area (Å²) in [6.07, 6.45) is 1.34. The second-order valence-electron chi connectivity index (χ2n) is 8.92. The van der Waals surface area contributed by atoms with Gasteiger partial charge in [0.05, 0.1) is 23.7 Å². The molecule has 0 radical (unpaired) electrons. The zero-order valence-corrected chi connectivity index (χ0v) is 20.4. The van der Waals surface area contributed by atoms with Crippen molar-refractivity contribution >= 4 is 29.2 Å². The summed E-state index contributed by atoms with van der Waals surface area (Å²) >= 11 is 6.32. The van der Waals surface area contributed by atoms with Gasteiger partial charge in [0.1, 0.15) is 23.7 Å². The predicted octanol–water partition coefficient (Wildman–Crippen LogP) is 5.02. The average molecular weight is 494 g/mol. The number of anilines is 1. The predicted molar refractivity (Wildman–Crippen MR) is 134 cm³/mol. The third-order valence-corrected chi connectivity index (χ3v) is 7.07. The lowest BCUT2D eigenvalue weighted by molar-refractivity contribution is -0.145. The van der Waals surface area contributed by atoms with Crippen molar-refractivity contribution in [2.45, 2.75) is 32.0 Å². The van der Waals surface area contributed by atoms with Gasteiger partial charge >= 0.3 is 5.97 Å². The number of rotatable bonds is 6. The Kier molecular flexibility index (Phi) is 6.54. The van der Waals surface area contributed by atoms with Crippen molar-refractivity contribution in [3.05, 3.63) is 77.0 Å². The van der Waals surface area contributed by atoms with Crippen molar-refractivity contribution in [1.29, 1.82) is 0 Å². The highest BCUT2D eigenvalue weighted by Crippen LogP contribution is 2.38. The lowest BCUT2D eigenvalue weighted by Gasteiger charge is -2.51. The van der Waals surface area contributed by atoms with Crippen LogP contribution in [0.1, 0.15) is 35.9 Å². The fourth-order valence-corrected chi connectivity index (χ4v) is 5.19. The molecular formula is C27H28ClN3O4. The Morgan fingerprint density at radius 2 is 1.77 bits per heavy atom. The second kappa shape index (κ2) is 9.76. The molecule has 1 amide bonds. The third-order valence-electron chi connectivity index (χ3n) is 6.74. The van der Waals surface area contributed by atoms with Crippen molar-refractivity contribution in [3.8, 4) is 11.3 Å². The maximum Gasteiger partial charge on any atom is 0.325 e. The minimum absolute atomic E-state index is 0.0760. The first-order valence-corrected chi connectivity index (χ1v) is 12.3. The normalized spacial score (nSPS) is 17.2. The van der Waals surface area contributed by atoms with Crippen LogP contribution in [0.5, 0.6) is 0 Å². The molecule has 7 nitrogen and oxygen atoms in total. The van der Waals surface area contributed by atoms with E-state index in [1.807, 2.05) is 54.6 Å². The number of furan rings is 1. The highest BCUT2D eigenvalue weighted by atomic mass is 35.5. The molecule has 0 unspecified atom stereocenters. The molecule has 0 aliphatic carbocycles. The molecule has 2 aliphatic rings. The summed E-state index contributed by atoms with van der Waals surface area (Å²) in [6.45, 7) is 4.11. The molecule has 0 saturated carbocycles. The smallest absolute Gasteiger partial charge is 0.325 e. The van der Waals surface area contributed by atoms with E-state index in [0.717, 1.165) is 35.9 Å². The fraction of sp³-hybridized carbons (Fsp3) is 0.333. The van der Waals surface area contributed by atoms with Crippen LogP contribution in [0.2, 0.25) is 5.02 Å². The number of carbonyl (C=O) groups excluding carboxylic acids is 2. The van der Waals surface area contributed by atoms with Crippen LogP contribution in [0, 0.1) is 0 Å². The van der Waals surface area contributed by atoms with E-state index < -0.39 is 11.6 Å². The Hall–Kier alpha value is -3.29. The van der Waals surface area contributed by atoms with E-state index >= 15 is 0 Å². The van der Waals surface area contributed by atoms with E-state index in [2.05, 4.69) is 10.2 Å². The molecule has 3 aromatic rings. The maximum absolute atomic E-state index is 13.4. The number of fused-ring (bicyclic) bond motifs is 1. The van der Waals surface area contributed by atoms with Crippen LogP contribution < -0.4 is 5.32 Å². The summed E-state index contributed by atoms with van der Waals surface area (Å²) in [5.74, 6) is 1.07. The van der Waals surface area contributed by atoms with E-state index in [9.17, 15) is 9.59 Å². The van der Waals surface area contributed by atoms with Crippen LogP contribution in [0.4, 0.5) is 5.69 Å². The van der Waals surface area contributed by atoms with E-state index in [-0.39, 0.29) is 19.1 Å². The molecule has 1 fully saturated rings. The molecule has 2 aliphatic heterocycles. The quantitative estimate of drug-likeness (QED) is 0.486. The van der Waals surface area contributed by atoms with Crippen molar-refractivity contribution in [2.75, 3.05) is 31.6 Å². The molecule has 1 saturated heterocycles. The number of benzene rings is 2. The molecule has 8 heteroatoms. The van der Waals surface area contributed by atoms with Gasteiger partial charge in [-0.25, -0.2) is 0 Å². The zero-order chi connectivity index (χ0) is 24.4. The van der Waals surface area contributed by atoms with E-state index in [4.69, 9.17) is 20.8 Å². The topological polar surface area (TPSA) is 75.0 Å². The molecule has 1 N–H and O–H groups in total. The highest BCUT2D eigenvalue weighted by molar-refractivity contribution is 6.33. The number of nitrogens with zero attached hydrogens (tertiary/aromatic N) is 2. The number of ether oxygens (including phenoxy) is 1. The number of nitrogens with one attached hydrogen (secondary N) is 1. The van der Waals surface area contributed by atoms with Crippen LogP contribution in [0.15, 0.2) is 65.1 Å². The number of carbonyl (C=O) groups is 2. The summed E-state index contributed by atoms with van der Waals surface area (Å²) < 4.78 is 11.3. The average Bonchev–Trinajstić information content (AvgIpc) is 3.32. The summed E-state index contributed by atoms with van der Waals surface area (Å²) in [4.78, 5) is 29.7. The standard InChI is InChI=1S/C27H28ClN3O4/c1-2-34-25(32)18-31-26(33)21-8-4-6-10-23(21)29-27(31)13-15-30(16-14-27)17-19-11-12-24(35-19)20-7-3-5-9-22(20)28/h3-12,29H,2,13-18H2,1H3. The molecule has 1 spiro atoms. The first kappa shape index (κ1) is 23.5. The first-order chi connectivity index (χ1) is 17.0. The van der Waals surface area contributed by atoms with Crippen LogP contribution in [0.3, 0.4) is 0 Å². The number of para-hydroxylation sites is 1. The van der Waals surface area contributed by atoms with E-state index in [1.54, 1.807) is 17.9 Å². The molecule has 182 valence electrons. The number of halogens is 1. The number of likely N-dealkylation sites (tertiary alicyclic amines) is 1. The Morgan fingerprint density at radius 1 is 1.06 bits per heavy atom. The second-order valence-corrected chi connectivity index (χ2v) is 9.33. The number of hydrogen-bond acceptors (Lipinski definition) is 6. The molecule has 2 aromatic carbocycles. The molecule has 0 bridgehead atoms. The largest absolute Gasteiger partial charge is 0.465 e. The van der Waals surface area contributed by atoms with Gasteiger partial charge < -0.3 is 19.4 Å². The van der Waals surface area contributed by atoms with Gasteiger partial charge in [-0.3, -0.25) is 14.5 Å². The minimum atomic E-state index is -0.638. The van der Waals surface area contributed by atoms with E-state index in [1.165, 1.54) is 0 Å². The highest BCUT2D eigenvalue weighted by Gasteiger charge is 2.47. The van der Waals surface area contributed by atoms with Gasteiger partial charge in [-0.15, -0.1) is 0 Å². The molecule has 5 rings (SSSR count). The van der Waals surface area contributed by atoms with Crippen LogP contribution in [-0.4, -0.2) is 53.6 Å². The maximum atomic E-state index is 13.4. The Balaban J connectivity index is 1.31. The van der Waals surface area contributed by atoms with Gasteiger partial charge in [0.15, 0.2) is 0 Å². The number of amides is 1. The van der Waals surface area contributed by atoms with Gasteiger partial charge in [-0.2, -0.15) is 0 Å². The molecule has 35 heavy (non-hydrogen) atoms. The van der Waals surface area contributed by atoms with Gasteiger partial charge in [-0.05, 0) is 43.3 Å². The molecule has 0 atom stereocenters. The van der Waals surface area contributed by atoms with Crippen LogP contribution >= 0.6 is 11.6 Å². The van der Waals surface area contributed by atoms with Gasteiger partial charge in [0.25, 0.3) is 5.91 Å². The van der Waals surface area contributed by atoms with Gasteiger partial charge in [0, 0.05) is 37.2 Å². The minimum Gasteiger partial charge on any atom is -0.465 e. The van der Waals surface area contributed by atoms with Gasteiger partial charge in [0.2, 0.25) is 0 Å². The number of esters is 1. The third kappa shape index (κ3) is 4.66. The summed E-state index contributed by atoms with van der Waals surface area (Å²) in [5, 5.41) is 4.24. The summed E-state index contributed by atoms with van der Waals surface area (Å²) in [6, 6.07) is 19.0. The molecule has 1 aromatic heterocycles. The van der Waals surface area contributed by atoms with Crippen molar-refractivity contribution in [1.82, 2.24) is 9.80 Å². The van der Waals surface area contributed by atoms with Crippen LogP contribution in [0.25, 0.3) is 11.3 Å². The molecule has 3 heterocycles. The first-order valence-electron chi connectivity index (χ1n) is 11.9. The SMILES string of the molecule is CCOC(=O)CN1C(=O)c2ccccc2NC12CCN(Cc1ccc(-c3ccccc3Cl)o1)CC2. The zero-order valence-electron chi connectivity index (χ0n) is 19.6. The fourth-order valence-electron chi connectivity index (χ4n) is 4.96. The Morgan fingerprint density at radius 3 is 2.51 bits per heavy atom. The molecular weight excluding hydrogens is 466 g/mol. The van der Waals surface area contributed by atoms with Crippen molar-refractivity contribution in [3.63, 3.8) is 0 Å².